The van der Waals surface area contributed by atoms with Crippen LogP contribution in [0.5, 0.6) is 5.75 Å². The summed E-state index contributed by atoms with van der Waals surface area (Å²) in [6.07, 6.45) is -7.85. The normalized spacial score (nSPS) is 30.9. The summed E-state index contributed by atoms with van der Waals surface area (Å²) in [6.45, 7) is -0.0825. The Morgan fingerprint density at radius 2 is 1.84 bits per heavy atom. The summed E-state index contributed by atoms with van der Waals surface area (Å²) in [7, 11) is 0. The van der Waals surface area contributed by atoms with Crippen molar-refractivity contribution in [2.24, 2.45) is 0 Å². The van der Waals surface area contributed by atoms with Gasteiger partial charge in [-0.2, -0.15) is 0 Å². The number of hydrogen-bond donors (Lipinski definition) is 4. The van der Waals surface area contributed by atoms with Crippen molar-refractivity contribution in [2.75, 3.05) is 13.2 Å². The maximum atomic E-state index is 12.3. The number of benzene rings is 1. The Kier molecular flexibility index (Phi) is 6.29. The molecule has 0 unspecified atom stereocenters. The molecule has 4 N–H and O–H groups in total. The fourth-order valence-corrected chi connectivity index (χ4v) is 6.79. The van der Waals surface area contributed by atoms with Crippen molar-refractivity contribution >= 4 is 23.1 Å². The molecular weight excluding hydrogens is 457 g/mol. The zero-order chi connectivity index (χ0) is 22.4. The summed E-state index contributed by atoms with van der Waals surface area (Å²) in [5, 5.41) is 40.1. The highest BCUT2D eigenvalue weighted by Crippen LogP contribution is 2.53. The molecule has 31 heavy (non-hydrogen) atoms. The molecule has 2 aliphatic heterocycles. The maximum Gasteiger partial charge on any atom is 0.573 e. The minimum absolute atomic E-state index is 0.293. The number of ether oxygens (including phenoxy) is 2. The highest BCUT2D eigenvalue weighted by atomic mass is 32.2. The lowest BCUT2D eigenvalue weighted by atomic mass is 9.92. The van der Waals surface area contributed by atoms with Gasteiger partial charge in [0.05, 0.1) is 24.6 Å². The molecule has 1 aromatic heterocycles. The average Bonchev–Trinajstić information content (AvgIpc) is 3.13. The van der Waals surface area contributed by atoms with Crippen molar-refractivity contribution in [2.45, 2.75) is 47.7 Å². The van der Waals surface area contributed by atoms with Gasteiger partial charge in [0.1, 0.15) is 18.0 Å². The van der Waals surface area contributed by atoms with Gasteiger partial charge in [0.2, 0.25) is 0 Å². The van der Waals surface area contributed by atoms with Crippen molar-refractivity contribution in [3.05, 3.63) is 51.2 Å². The summed E-state index contributed by atoms with van der Waals surface area (Å²) in [5.41, 5.74) is 1.47. The van der Waals surface area contributed by atoms with E-state index >= 15 is 0 Å². The molecule has 1 saturated heterocycles. The van der Waals surface area contributed by atoms with E-state index in [-0.39, 0.29) is 12.4 Å². The summed E-state index contributed by atoms with van der Waals surface area (Å²) in [4.78, 5) is 0.567. The number of halogens is 3. The number of aliphatic hydroxyl groups excluding tert-OH is 4. The van der Waals surface area contributed by atoms with Crippen LogP contribution in [0.4, 0.5) is 13.2 Å². The topological polar surface area (TPSA) is 99.4 Å². The zero-order valence-corrected chi connectivity index (χ0v) is 17.7. The van der Waals surface area contributed by atoms with Gasteiger partial charge in [-0.05, 0) is 23.8 Å². The quantitative estimate of drug-likeness (QED) is 0.535. The Morgan fingerprint density at radius 3 is 2.48 bits per heavy atom. The summed E-state index contributed by atoms with van der Waals surface area (Å²) in [6, 6.07) is 7.47. The molecule has 1 fully saturated rings. The molecule has 1 spiro atoms. The van der Waals surface area contributed by atoms with Crippen molar-refractivity contribution in [3.63, 3.8) is 0 Å². The van der Waals surface area contributed by atoms with Gasteiger partial charge in [0.15, 0.2) is 4.93 Å². The van der Waals surface area contributed by atoms with Crippen LogP contribution in [0.3, 0.4) is 0 Å². The highest BCUT2D eigenvalue weighted by Gasteiger charge is 2.57. The van der Waals surface area contributed by atoms with E-state index in [9.17, 15) is 33.6 Å². The van der Waals surface area contributed by atoms with Crippen LogP contribution < -0.4 is 4.74 Å². The summed E-state index contributed by atoms with van der Waals surface area (Å²) >= 11 is 2.60. The Bertz CT molecular complexity index is 917. The largest absolute Gasteiger partial charge is 0.573 e. The van der Waals surface area contributed by atoms with E-state index in [1.807, 2.05) is 6.07 Å². The van der Waals surface area contributed by atoms with Gasteiger partial charge in [-0.25, -0.2) is 0 Å². The van der Waals surface area contributed by atoms with Gasteiger partial charge in [-0.1, -0.05) is 12.1 Å². The van der Waals surface area contributed by atoms with Crippen molar-refractivity contribution < 1.29 is 43.1 Å². The average molecular weight is 479 g/mol. The predicted octanol–water partition coefficient (Wildman–Crippen LogP) is 2.15. The smallest absolute Gasteiger partial charge is 0.406 e. The lowest BCUT2D eigenvalue weighted by Gasteiger charge is -2.49. The minimum atomic E-state index is -4.74. The first kappa shape index (κ1) is 22.8. The van der Waals surface area contributed by atoms with Gasteiger partial charge in [0.25, 0.3) is 0 Å². The Labute approximate surface area is 184 Å². The highest BCUT2D eigenvalue weighted by molar-refractivity contribution is 8.00. The SMILES string of the molecule is OC[C@H]1S[C@]2(OCCc3sc(Cc4ccc(OC(F)(F)F)cc4)cc32)[C@H](O)[C@@H](O)[C@@H]1O. The monoisotopic (exact) mass is 478 g/mol. The lowest BCUT2D eigenvalue weighted by Crippen LogP contribution is -2.60. The van der Waals surface area contributed by atoms with E-state index < -0.39 is 34.9 Å². The van der Waals surface area contributed by atoms with E-state index in [1.165, 1.54) is 23.5 Å². The number of aliphatic hydroxyl groups is 4. The van der Waals surface area contributed by atoms with Crippen LogP contribution in [0.15, 0.2) is 30.3 Å². The van der Waals surface area contributed by atoms with Crippen LogP contribution in [0.1, 0.15) is 20.9 Å². The summed E-state index contributed by atoms with van der Waals surface area (Å²) in [5.74, 6) is -0.293. The first-order valence-corrected chi connectivity index (χ1v) is 11.3. The third-order valence-electron chi connectivity index (χ3n) is 5.37. The molecule has 170 valence electrons. The number of thiophene rings is 1. The molecule has 0 radical (unpaired) electrons. The van der Waals surface area contributed by atoms with E-state index in [4.69, 9.17) is 4.74 Å². The number of hydrogen-bond acceptors (Lipinski definition) is 8. The molecule has 6 nitrogen and oxygen atoms in total. The second kappa shape index (κ2) is 8.54. The van der Waals surface area contributed by atoms with Crippen LogP contribution in [-0.2, 0) is 22.5 Å². The Balaban J connectivity index is 1.58. The fourth-order valence-electron chi connectivity index (χ4n) is 3.92. The summed E-state index contributed by atoms with van der Waals surface area (Å²) < 4.78 is 46.8. The molecular formula is C20H21F3O6S2. The zero-order valence-electron chi connectivity index (χ0n) is 16.1. The first-order valence-electron chi connectivity index (χ1n) is 9.56. The van der Waals surface area contributed by atoms with Gasteiger partial charge >= 0.3 is 6.36 Å². The molecule has 11 heteroatoms. The number of fused-ring (bicyclic) bond motifs is 2. The van der Waals surface area contributed by atoms with Crippen LogP contribution in [-0.4, -0.2) is 63.6 Å². The van der Waals surface area contributed by atoms with Gasteiger partial charge < -0.3 is 29.9 Å². The van der Waals surface area contributed by atoms with Crippen molar-refractivity contribution in [1.82, 2.24) is 0 Å². The number of alkyl halides is 3. The molecule has 1 aromatic carbocycles. The second-order valence-electron chi connectivity index (χ2n) is 7.45. The molecule has 3 heterocycles. The van der Waals surface area contributed by atoms with E-state index in [0.717, 1.165) is 27.1 Å². The van der Waals surface area contributed by atoms with Crippen LogP contribution in [0.25, 0.3) is 0 Å². The van der Waals surface area contributed by atoms with Gasteiger partial charge in [-0.3, -0.25) is 0 Å². The predicted molar refractivity (Wildman–Crippen MR) is 108 cm³/mol. The third kappa shape index (κ3) is 4.45. The molecule has 4 rings (SSSR count). The molecule has 0 saturated carbocycles. The number of thioether (sulfide) groups is 1. The fraction of sp³-hybridized carbons (Fsp3) is 0.500. The van der Waals surface area contributed by atoms with Crippen LogP contribution in [0.2, 0.25) is 0 Å². The van der Waals surface area contributed by atoms with Crippen molar-refractivity contribution in [3.8, 4) is 5.75 Å². The molecule has 0 bridgehead atoms. The Hall–Kier alpha value is -1.34. The van der Waals surface area contributed by atoms with Crippen molar-refractivity contribution in [1.29, 1.82) is 0 Å². The molecule has 2 aromatic rings. The van der Waals surface area contributed by atoms with Crippen LogP contribution >= 0.6 is 23.1 Å². The maximum absolute atomic E-state index is 12.3. The second-order valence-corrected chi connectivity index (χ2v) is 10.1. The van der Waals surface area contributed by atoms with Gasteiger partial charge in [0, 0.05) is 28.2 Å². The van der Waals surface area contributed by atoms with Crippen LogP contribution in [0, 0.1) is 0 Å². The lowest BCUT2D eigenvalue weighted by molar-refractivity contribution is -0.274. The van der Waals surface area contributed by atoms with E-state index in [1.54, 1.807) is 12.1 Å². The van der Waals surface area contributed by atoms with E-state index in [0.29, 0.717) is 25.0 Å². The minimum Gasteiger partial charge on any atom is -0.406 e. The molecule has 0 aliphatic carbocycles. The number of rotatable bonds is 4. The van der Waals surface area contributed by atoms with Gasteiger partial charge in [-0.15, -0.1) is 36.3 Å². The standard InChI is InChI=1S/C20H21F3O6S2/c21-20(22,23)29-11-3-1-10(2-4-11)7-12-8-13-14(30-12)5-6-28-19(13)18(27)17(26)16(25)15(9-24)31-19/h1-4,8,15-18,24-27H,5-7,9H2/t15-,16-,17+,18-,19+/m1/s1. The molecule has 2 aliphatic rings. The Morgan fingerprint density at radius 1 is 1.13 bits per heavy atom. The first-order chi connectivity index (χ1) is 14.6. The van der Waals surface area contributed by atoms with E-state index in [2.05, 4.69) is 4.74 Å². The molecule has 5 atom stereocenters. The third-order valence-corrected chi connectivity index (χ3v) is 8.22. The molecule has 0 amide bonds.